The maximum atomic E-state index is 6.19. The van der Waals surface area contributed by atoms with Crippen LogP contribution >= 0.6 is 11.3 Å². The highest BCUT2D eigenvalue weighted by Crippen LogP contribution is 2.41. The fraction of sp³-hybridized carbons (Fsp3) is 0.0833. The summed E-state index contributed by atoms with van der Waals surface area (Å²) in [6.45, 7) is 0. The standard InChI is InChI=1S/C48H34N2OS/c1-2-13-33(14-3-1)50-42-20-7-4-16-36(42)37-26-25-35(30-44(37)50)49(43-21-11-19-40-39-18-6-9-23-47(39)52-48(40)43)34-15-10-12-31(28-34)32-24-27-46-41(29-32)38-17-5-8-22-45(38)51-46/h1-5,7-10,12-17,19-20,22-30H,6,11,18,21H2. The van der Waals surface area contributed by atoms with Crippen LogP contribution in [0, 0.1) is 0 Å². The highest BCUT2D eigenvalue weighted by atomic mass is 32.1. The first-order valence-electron chi connectivity index (χ1n) is 18.2. The van der Waals surface area contributed by atoms with Crippen molar-refractivity contribution in [3.63, 3.8) is 0 Å². The topological polar surface area (TPSA) is 21.3 Å². The lowest BCUT2D eigenvalue weighted by Crippen LogP contribution is -2.33. The number of fused-ring (bicyclic) bond motifs is 9. The summed E-state index contributed by atoms with van der Waals surface area (Å²) in [7, 11) is 0. The Kier molecular flexibility index (Phi) is 6.68. The number of furan rings is 1. The van der Waals surface area contributed by atoms with Gasteiger partial charge in [0.25, 0.3) is 0 Å². The molecule has 0 N–H and O–H groups in total. The summed E-state index contributed by atoms with van der Waals surface area (Å²) in [5, 5.41) is 6.27. The van der Waals surface area contributed by atoms with Crippen molar-refractivity contribution in [1.82, 2.24) is 4.57 Å². The summed E-state index contributed by atoms with van der Waals surface area (Å²) < 4.78 is 10.0. The predicted molar refractivity (Wildman–Crippen MR) is 220 cm³/mol. The largest absolute Gasteiger partial charge is 0.456 e. The molecule has 4 heteroatoms. The maximum absolute atomic E-state index is 6.19. The van der Waals surface area contributed by atoms with Crippen LogP contribution in [0.3, 0.4) is 0 Å². The molecule has 2 aliphatic carbocycles. The Morgan fingerprint density at radius 1 is 0.577 bits per heavy atom. The van der Waals surface area contributed by atoms with Crippen LogP contribution in [0.15, 0.2) is 150 Å². The second-order valence-corrected chi connectivity index (χ2v) is 15.0. The minimum atomic E-state index is 0.919. The average molecular weight is 687 g/mol. The zero-order chi connectivity index (χ0) is 34.2. The number of para-hydroxylation sites is 3. The number of aromatic nitrogens is 1. The summed E-state index contributed by atoms with van der Waals surface area (Å²) in [5.41, 5.74) is 13.0. The molecule has 11 rings (SSSR count). The second-order valence-electron chi connectivity index (χ2n) is 13.9. The van der Waals surface area contributed by atoms with Crippen molar-refractivity contribution in [2.75, 3.05) is 4.90 Å². The quantitative estimate of drug-likeness (QED) is 0.180. The molecule has 2 aliphatic rings. The number of hydrogen-bond acceptors (Lipinski definition) is 3. The van der Waals surface area contributed by atoms with Crippen molar-refractivity contribution in [1.29, 1.82) is 0 Å². The van der Waals surface area contributed by atoms with E-state index in [9.17, 15) is 0 Å². The molecule has 0 saturated heterocycles. The molecule has 0 radical (unpaired) electrons. The van der Waals surface area contributed by atoms with Crippen LogP contribution in [0.1, 0.15) is 29.7 Å². The van der Waals surface area contributed by atoms with Crippen LogP contribution in [-0.2, 0) is 6.42 Å². The SMILES string of the molecule is C1=Cc2sc3c(c2CC1)=CCCC=3N(c1cccc(-c2ccc3oc4ccccc4c3c2)c1)c1ccc2c3ccccc3n(-c3ccccc3)c2c1. The fourth-order valence-corrected chi connectivity index (χ4v) is 9.91. The van der Waals surface area contributed by atoms with E-state index < -0.39 is 0 Å². The molecule has 52 heavy (non-hydrogen) atoms. The summed E-state index contributed by atoms with van der Waals surface area (Å²) in [6.07, 6.45) is 11.4. The second kappa shape index (κ2) is 11.7. The van der Waals surface area contributed by atoms with Crippen LogP contribution in [0.25, 0.3) is 78.4 Å². The molecule has 0 bridgehead atoms. The lowest BCUT2D eigenvalue weighted by atomic mass is 9.98. The molecular weight excluding hydrogens is 653 g/mol. The van der Waals surface area contributed by atoms with E-state index in [2.05, 4.69) is 155 Å². The van der Waals surface area contributed by atoms with E-state index >= 15 is 0 Å². The van der Waals surface area contributed by atoms with Gasteiger partial charge in [-0.1, -0.05) is 91.0 Å². The number of hydrogen-bond donors (Lipinski definition) is 0. The first-order chi connectivity index (χ1) is 25.8. The molecule has 0 atom stereocenters. The fourth-order valence-electron chi connectivity index (χ4n) is 8.56. The van der Waals surface area contributed by atoms with Crippen molar-refractivity contribution >= 4 is 84.3 Å². The minimum absolute atomic E-state index is 0.919. The Morgan fingerprint density at radius 2 is 1.37 bits per heavy atom. The van der Waals surface area contributed by atoms with Gasteiger partial charge in [0.15, 0.2) is 0 Å². The Balaban J connectivity index is 1.16. The van der Waals surface area contributed by atoms with Gasteiger partial charge < -0.3 is 13.9 Å². The molecule has 6 aromatic carbocycles. The van der Waals surface area contributed by atoms with Gasteiger partial charge in [0.2, 0.25) is 0 Å². The number of anilines is 2. The number of thiophene rings is 1. The number of allylic oxidation sites excluding steroid dienone is 1. The molecule has 3 heterocycles. The van der Waals surface area contributed by atoms with Crippen molar-refractivity contribution < 1.29 is 4.42 Å². The first kappa shape index (κ1) is 29.6. The van der Waals surface area contributed by atoms with Crippen molar-refractivity contribution in [3.8, 4) is 16.8 Å². The third-order valence-corrected chi connectivity index (χ3v) is 12.2. The minimum Gasteiger partial charge on any atom is -0.456 e. The zero-order valence-corrected chi connectivity index (χ0v) is 29.4. The Morgan fingerprint density at radius 3 is 2.31 bits per heavy atom. The summed E-state index contributed by atoms with van der Waals surface area (Å²) in [4.78, 5) is 3.97. The molecule has 0 amide bonds. The van der Waals surface area contributed by atoms with Crippen LogP contribution < -0.4 is 14.7 Å². The third-order valence-electron chi connectivity index (χ3n) is 10.9. The molecule has 248 valence electrons. The van der Waals surface area contributed by atoms with Gasteiger partial charge in [0.05, 0.1) is 15.6 Å². The summed E-state index contributed by atoms with van der Waals surface area (Å²) in [6, 6.07) is 50.7. The van der Waals surface area contributed by atoms with Gasteiger partial charge in [0.1, 0.15) is 11.2 Å². The number of rotatable bonds is 5. The average Bonchev–Trinajstić information content (AvgIpc) is 3.88. The summed E-state index contributed by atoms with van der Waals surface area (Å²) in [5.74, 6) is 0. The van der Waals surface area contributed by atoms with E-state index in [0.29, 0.717) is 0 Å². The normalized spacial score (nSPS) is 13.9. The maximum Gasteiger partial charge on any atom is 0.135 e. The van der Waals surface area contributed by atoms with E-state index in [1.807, 2.05) is 23.5 Å². The molecule has 0 spiro atoms. The number of nitrogens with zero attached hydrogens (tertiary/aromatic N) is 2. The van der Waals surface area contributed by atoms with Crippen molar-refractivity contribution in [2.45, 2.75) is 25.7 Å². The Labute approximate surface area is 305 Å². The molecule has 0 saturated carbocycles. The highest BCUT2D eigenvalue weighted by molar-refractivity contribution is 7.11. The van der Waals surface area contributed by atoms with Crippen LogP contribution in [0.2, 0.25) is 0 Å². The van der Waals surface area contributed by atoms with Gasteiger partial charge in [-0.3, -0.25) is 0 Å². The highest BCUT2D eigenvalue weighted by Gasteiger charge is 2.23. The van der Waals surface area contributed by atoms with Gasteiger partial charge >= 0.3 is 0 Å². The van der Waals surface area contributed by atoms with Gasteiger partial charge in [0, 0.05) is 49.2 Å². The molecule has 0 fully saturated rings. The predicted octanol–water partition coefficient (Wildman–Crippen LogP) is 11.9. The van der Waals surface area contributed by atoms with E-state index in [0.717, 1.165) is 47.6 Å². The van der Waals surface area contributed by atoms with Gasteiger partial charge in [-0.2, -0.15) is 0 Å². The molecule has 3 aromatic heterocycles. The molecular formula is C48H34N2OS. The van der Waals surface area contributed by atoms with Crippen molar-refractivity contribution in [3.05, 3.63) is 166 Å². The molecule has 0 aliphatic heterocycles. The van der Waals surface area contributed by atoms with E-state index in [1.54, 1.807) is 0 Å². The van der Waals surface area contributed by atoms with Gasteiger partial charge in [-0.15, -0.1) is 11.3 Å². The molecule has 0 unspecified atom stereocenters. The van der Waals surface area contributed by atoms with E-state index in [-0.39, 0.29) is 0 Å². The molecule has 9 aromatic rings. The summed E-state index contributed by atoms with van der Waals surface area (Å²) >= 11 is 1.96. The van der Waals surface area contributed by atoms with E-state index in [1.165, 1.54) is 75.9 Å². The van der Waals surface area contributed by atoms with Crippen LogP contribution in [-0.4, -0.2) is 4.57 Å². The lowest BCUT2D eigenvalue weighted by molar-refractivity contribution is 0.669. The monoisotopic (exact) mass is 686 g/mol. The third kappa shape index (κ3) is 4.57. The van der Waals surface area contributed by atoms with Crippen LogP contribution in [0.4, 0.5) is 11.4 Å². The van der Waals surface area contributed by atoms with E-state index in [4.69, 9.17) is 4.42 Å². The smallest absolute Gasteiger partial charge is 0.135 e. The van der Waals surface area contributed by atoms with Gasteiger partial charge in [-0.05, 0) is 114 Å². The lowest BCUT2D eigenvalue weighted by Gasteiger charge is -2.29. The Bertz CT molecular complexity index is 3030. The number of benzene rings is 6. The molecule has 3 nitrogen and oxygen atoms in total. The zero-order valence-electron chi connectivity index (χ0n) is 28.6. The van der Waals surface area contributed by atoms with Gasteiger partial charge in [-0.25, -0.2) is 0 Å². The Hall–Kier alpha value is -6.10. The first-order valence-corrected chi connectivity index (χ1v) is 19.0. The van der Waals surface area contributed by atoms with Crippen molar-refractivity contribution in [2.24, 2.45) is 0 Å². The van der Waals surface area contributed by atoms with Crippen LogP contribution in [0.5, 0.6) is 0 Å².